The third-order valence-corrected chi connectivity index (χ3v) is 4.17. The summed E-state index contributed by atoms with van der Waals surface area (Å²) >= 11 is 1.22. The number of hydrogen-bond donors (Lipinski definition) is 2. The van der Waals surface area contributed by atoms with Crippen molar-refractivity contribution in [2.45, 2.75) is 32.5 Å². The zero-order chi connectivity index (χ0) is 18.6. The molecular weight excluding hydrogens is 355 g/mol. The Morgan fingerprint density at radius 2 is 1.88 bits per heavy atom. The monoisotopic (exact) mass is 371 g/mol. The Labute approximate surface area is 146 Å². The molecule has 1 aromatic carbocycles. The summed E-state index contributed by atoms with van der Waals surface area (Å²) in [5.74, 6) is -0.713. The van der Waals surface area contributed by atoms with Gasteiger partial charge < -0.3 is 10.6 Å². The Morgan fingerprint density at radius 1 is 1.24 bits per heavy atom. The lowest BCUT2D eigenvalue weighted by molar-refractivity contribution is -0.137. The van der Waals surface area contributed by atoms with Crippen molar-refractivity contribution in [1.82, 2.24) is 10.3 Å². The Bertz CT molecular complexity index is 757. The van der Waals surface area contributed by atoms with Gasteiger partial charge in [0.05, 0.1) is 5.56 Å². The molecule has 0 saturated carbocycles. The lowest BCUT2D eigenvalue weighted by Crippen LogP contribution is -2.40. The molecule has 1 atom stereocenters. The fraction of sp³-hybridized carbons (Fsp3) is 0.312. The summed E-state index contributed by atoms with van der Waals surface area (Å²) in [6.45, 7) is 2.86. The van der Waals surface area contributed by atoms with E-state index in [1.807, 2.05) is 0 Å². The van der Waals surface area contributed by atoms with Crippen molar-refractivity contribution >= 4 is 28.3 Å². The molecule has 0 aliphatic heterocycles. The van der Waals surface area contributed by atoms with Crippen LogP contribution in [-0.2, 0) is 22.2 Å². The molecule has 0 bridgehead atoms. The van der Waals surface area contributed by atoms with Gasteiger partial charge in [-0.2, -0.15) is 13.2 Å². The van der Waals surface area contributed by atoms with Crippen molar-refractivity contribution in [2.75, 3.05) is 5.32 Å². The average molecular weight is 371 g/mol. The first-order valence-corrected chi connectivity index (χ1v) is 8.15. The predicted molar refractivity (Wildman–Crippen MR) is 88.3 cm³/mol. The van der Waals surface area contributed by atoms with Gasteiger partial charge in [0.25, 0.3) is 0 Å². The van der Waals surface area contributed by atoms with E-state index in [2.05, 4.69) is 15.6 Å². The highest BCUT2D eigenvalue weighted by atomic mass is 32.1. The van der Waals surface area contributed by atoms with Crippen molar-refractivity contribution in [3.05, 3.63) is 46.5 Å². The Balaban J connectivity index is 1.97. The van der Waals surface area contributed by atoms with Gasteiger partial charge in [0.1, 0.15) is 6.04 Å². The summed E-state index contributed by atoms with van der Waals surface area (Å²) in [4.78, 5) is 27.7. The zero-order valence-electron chi connectivity index (χ0n) is 13.5. The maximum absolute atomic E-state index is 12.5. The summed E-state index contributed by atoms with van der Waals surface area (Å²) in [6.07, 6.45) is -2.39. The molecule has 25 heavy (non-hydrogen) atoms. The second kappa shape index (κ2) is 7.64. The van der Waals surface area contributed by atoms with E-state index < -0.39 is 23.7 Å². The zero-order valence-corrected chi connectivity index (χ0v) is 14.3. The molecule has 2 N–H and O–H groups in total. The van der Waals surface area contributed by atoms with Crippen molar-refractivity contribution in [3.8, 4) is 0 Å². The molecule has 1 aromatic heterocycles. The lowest BCUT2D eigenvalue weighted by Gasteiger charge is -2.10. The van der Waals surface area contributed by atoms with Gasteiger partial charge in [0, 0.05) is 24.4 Å². The number of rotatable bonds is 5. The number of alkyl halides is 3. The fourth-order valence-electron chi connectivity index (χ4n) is 2.04. The number of carbonyl (C=O) groups is 2. The van der Waals surface area contributed by atoms with Gasteiger partial charge in [-0.05, 0) is 24.6 Å². The molecule has 0 aliphatic carbocycles. The summed E-state index contributed by atoms with van der Waals surface area (Å²) in [6, 6.07) is 4.21. The minimum Gasteiger partial charge on any atom is -0.345 e. The van der Waals surface area contributed by atoms with Crippen LogP contribution in [0.5, 0.6) is 0 Å². The van der Waals surface area contributed by atoms with Gasteiger partial charge in [-0.15, -0.1) is 11.3 Å². The van der Waals surface area contributed by atoms with Crippen LogP contribution in [-0.4, -0.2) is 22.8 Å². The van der Waals surface area contributed by atoms with Crippen molar-refractivity contribution in [1.29, 1.82) is 0 Å². The van der Waals surface area contributed by atoms with Crippen LogP contribution < -0.4 is 10.6 Å². The molecule has 2 aromatic rings. The highest BCUT2D eigenvalue weighted by molar-refractivity contribution is 7.15. The Morgan fingerprint density at radius 3 is 2.44 bits per heavy atom. The Kier molecular flexibility index (Phi) is 5.78. The van der Waals surface area contributed by atoms with Crippen LogP contribution in [0.1, 0.15) is 29.9 Å². The Hall–Kier alpha value is -2.42. The SMILES string of the molecule is CC(=O)NC(C)C(=O)Nc1ncc(Cc2ccc(C(F)(F)F)cc2)s1. The molecule has 9 heteroatoms. The predicted octanol–water partition coefficient (Wildman–Crippen LogP) is 3.22. The highest BCUT2D eigenvalue weighted by Gasteiger charge is 2.29. The maximum Gasteiger partial charge on any atom is 0.416 e. The van der Waals surface area contributed by atoms with E-state index in [9.17, 15) is 22.8 Å². The molecule has 5 nitrogen and oxygen atoms in total. The van der Waals surface area contributed by atoms with Gasteiger partial charge in [-0.3, -0.25) is 9.59 Å². The van der Waals surface area contributed by atoms with Crippen LogP contribution in [0.3, 0.4) is 0 Å². The highest BCUT2D eigenvalue weighted by Crippen LogP contribution is 2.29. The average Bonchev–Trinajstić information content (AvgIpc) is 2.93. The number of carbonyl (C=O) groups excluding carboxylic acids is 2. The number of amides is 2. The van der Waals surface area contributed by atoms with Crippen LogP contribution in [0.4, 0.5) is 18.3 Å². The van der Waals surface area contributed by atoms with Crippen LogP contribution in [0.2, 0.25) is 0 Å². The number of nitrogens with zero attached hydrogens (tertiary/aromatic N) is 1. The van der Waals surface area contributed by atoms with Crippen LogP contribution in [0.25, 0.3) is 0 Å². The van der Waals surface area contributed by atoms with Crippen molar-refractivity contribution in [3.63, 3.8) is 0 Å². The van der Waals surface area contributed by atoms with Crippen LogP contribution >= 0.6 is 11.3 Å². The molecule has 0 spiro atoms. The molecule has 2 amide bonds. The van der Waals surface area contributed by atoms with Crippen LogP contribution in [0.15, 0.2) is 30.5 Å². The molecule has 2 rings (SSSR count). The first-order valence-electron chi connectivity index (χ1n) is 7.34. The second-order valence-electron chi connectivity index (χ2n) is 5.41. The van der Waals surface area contributed by atoms with Crippen molar-refractivity contribution < 1.29 is 22.8 Å². The molecule has 1 unspecified atom stereocenters. The number of benzene rings is 1. The standard InChI is InChI=1S/C16H16F3N3O2S/c1-9(21-10(2)23)14(24)22-15-20-8-13(25-15)7-11-3-5-12(6-4-11)16(17,18)19/h3-6,8-9H,7H2,1-2H3,(H,21,23)(H,20,22,24). The van der Waals surface area contributed by atoms with E-state index in [1.54, 1.807) is 13.1 Å². The largest absolute Gasteiger partial charge is 0.416 e. The van der Waals surface area contributed by atoms with Gasteiger partial charge in [0.15, 0.2) is 5.13 Å². The number of halogens is 3. The summed E-state index contributed by atoms with van der Waals surface area (Å²) in [5, 5.41) is 5.41. The lowest BCUT2D eigenvalue weighted by atomic mass is 10.1. The fourth-order valence-corrected chi connectivity index (χ4v) is 2.89. The van der Waals surface area contributed by atoms with Gasteiger partial charge in [-0.1, -0.05) is 12.1 Å². The summed E-state index contributed by atoms with van der Waals surface area (Å²) in [5.41, 5.74) is 0.0154. The van der Waals surface area contributed by atoms with Gasteiger partial charge in [0.2, 0.25) is 11.8 Å². The quantitative estimate of drug-likeness (QED) is 0.848. The maximum atomic E-state index is 12.5. The van der Waals surface area contributed by atoms with E-state index >= 15 is 0 Å². The topological polar surface area (TPSA) is 71.1 Å². The van der Waals surface area contributed by atoms with E-state index in [4.69, 9.17) is 0 Å². The first-order chi connectivity index (χ1) is 11.6. The third-order valence-electron chi connectivity index (χ3n) is 3.26. The molecule has 0 saturated heterocycles. The van der Waals surface area contributed by atoms with E-state index in [0.29, 0.717) is 17.1 Å². The smallest absolute Gasteiger partial charge is 0.345 e. The number of thiazole rings is 1. The molecular formula is C16H16F3N3O2S. The van der Waals surface area contributed by atoms with Gasteiger partial charge >= 0.3 is 6.18 Å². The molecule has 134 valence electrons. The second-order valence-corrected chi connectivity index (χ2v) is 6.53. The molecule has 1 heterocycles. The first kappa shape index (κ1) is 18.9. The minimum absolute atomic E-state index is 0.315. The van der Waals surface area contributed by atoms with Crippen molar-refractivity contribution in [2.24, 2.45) is 0 Å². The number of aromatic nitrogens is 1. The van der Waals surface area contributed by atoms with E-state index in [0.717, 1.165) is 17.0 Å². The van der Waals surface area contributed by atoms with E-state index in [1.165, 1.54) is 30.4 Å². The van der Waals surface area contributed by atoms with Gasteiger partial charge in [-0.25, -0.2) is 4.98 Å². The number of anilines is 1. The molecule has 0 aliphatic rings. The molecule has 0 fully saturated rings. The van der Waals surface area contributed by atoms with Crippen LogP contribution in [0, 0.1) is 0 Å². The minimum atomic E-state index is -4.36. The van der Waals surface area contributed by atoms with E-state index in [-0.39, 0.29) is 5.91 Å². The summed E-state index contributed by atoms with van der Waals surface area (Å²) < 4.78 is 37.6. The summed E-state index contributed by atoms with van der Waals surface area (Å²) in [7, 11) is 0. The molecule has 0 radical (unpaired) electrons. The number of nitrogens with one attached hydrogen (secondary N) is 2. The normalized spacial score (nSPS) is 12.5. The number of hydrogen-bond acceptors (Lipinski definition) is 4. The third kappa shape index (κ3) is 5.56.